The summed E-state index contributed by atoms with van der Waals surface area (Å²) >= 11 is 0. The molecular formula is C23H24N2O6. The smallest absolute Gasteiger partial charge is 0.330 e. The van der Waals surface area contributed by atoms with Gasteiger partial charge in [0.2, 0.25) is 0 Å². The van der Waals surface area contributed by atoms with E-state index >= 15 is 0 Å². The molecule has 162 valence electrons. The quantitative estimate of drug-likeness (QED) is 0.569. The van der Waals surface area contributed by atoms with Gasteiger partial charge in [-0.2, -0.15) is 0 Å². The zero-order chi connectivity index (χ0) is 21.6. The van der Waals surface area contributed by atoms with Crippen LogP contribution in [0.4, 0.5) is 0 Å². The van der Waals surface area contributed by atoms with E-state index in [2.05, 4.69) is 4.98 Å². The van der Waals surface area contributed by atoms with Gasteiger partial charge in [0.05, 0.1) is 19.8 Å². The number of hydrogen-bond donors (Lipinski definition) is 2. The average Bonchev–Trinajstić information content (AvgIpc) is 3.09. The van der Waals surface area contributed by atoms with E-state index in [0.29, 0.717) is 6.61 Å². The SMILES string of the molecule is O=c1ccn([C@H]2O[C@H](COCc3ccccc3)[C@@H](OCc3ccccc3)[C@H]2O)c(=O)[nH]1. The molecule has 4 rings (SSSR count). The molecule has 0 amide bonds. The topological polar surface area (TPSA) is 103 Å². The maximum atomic E-state index is 12.2. The molecule has 1 fully saturated rings. The summed E-state index contributed by atoms with van der Waals surface area (Å²) in [6.45, 7) is 0.819. The summed E-state index contributed by atoms with van der Waals surface area (Å²) in [5.41, 5.74) is 0.775. The van der Waals surface area contributed by atoms with E-state index in [9.17, 15) is 14.7 Å². The van der Waals surface area contributed by atoms with Gasteiger partial charge in [-0.1, -0.05) is 60.7 Å². The Morgan fingerprint density at radius 3 is 2.23 bits per heavy atom. The molecule has 8 heteroatoms. The van der Waals surface area contributed by atoms with Crippen molar-refractivity contribution >= 4 is 0 Å². The zero-order valence-corrected chi connectivity index (χ0v) is 16.8. The second kappa shape index (κ2) is 9.84. The van der Waals surface area contributed by atoms with E-state index in [4.69, 9.17) is 14.2 Å². The lowest BCUT2D eigenvalue weighted by Gasteiger charge is -2.21. The van der Waals surface area contributed by atoms with Crippen molar-refractivity contribution < 1.29 is 19.3 Å². The largest absolute Gasteiger partial charge is 0.386 e. The van der Waals surface area contributed by atoms with Gasteiger partial charge in [0.15, 0.2) is 6.23 Å². The number of rotatable bonds is 8. The number of hydrogen-bond acceptors (Lipinski definition) is 6. The molecule has 4 atom stereocenters. The molecule has 2 aromatic carbocycles. The highest BCUT2D eigenvalue weighted by Crippen LogP contribution is 2.31. The van der Waals surface area contributed by atoms with Crippen molar-refractivity contribution in [3.05, 3.63) is 105 Å². The molecule has 1 saturated heterocycles. The summed E-state index contributed by atoms with van der Waals surface area (Å²) < 4.78 is 18.9. The van der Waals surface area contributed by atoms with Gasteiger partial charge in [-0.25, -0.2) is 4.79 Å². The Balaban J connectivity index is 1.49. The highest BCUT2D eigenvalue weighted by atomic mass is 16.6. The summed E-state index contributed by atoms with van der Waals surface area (Å²) in [6.07, 6.45) is -2.16. The van der Waals surface area contributed by atoms with Crippen LogP contribution in [0.25, 0.3) is 0 Å². The Bertz CT molecular complexity index is 1080. The standard InChI is InChI=1S/C23H24N2O6/c26-19-11-12-25(23(28)24-19)22-20(27)21(30-14-17-9-5-2-6-10-17)18(31-22)15-29-13-16-7-3-1-4-8-16/h1-12,18,20-22,27H,13-15H2,(H,24,26,28)/t18-,20-,21-,22+/m1/s1. The van der Waals surface area contributed by atoms with Crippen molar-refractivity contribution in [1.82, 2.24) is 9.55 Å². The maximum Gasteiger partial charge on any atom is 0.330 e. The van der Waals surface area contributed by atoms with Gasteiger partial charge in [0.1, 0.15) is 18.3 Å². The molecule has 0 unspecified atom stereocenters. The van der Waals surface area contributed by atoms with Crippen LogP contribution in [0, 0.1) is 0 Å². The summed E-state index contributed by atoms with van der Waals surface area (Å²) in [5, 5.41) is 10.9. The Morgan fingerprint density at radius 1 is 0.935 bits per heavy atom. The lowest BCUT2D eigenvalue weighted by atomic mass is 10.1. The van der Waals surface area contributed by atoms with Crippen LogP contribution in [-0.4, -0.2) is 39.6 Å². The third kappa shape index (κ3) is 5.18. The zero-order valence-electron chi connectivity index (χ0n) is 16.8. The number of H-pyrrole nitrogens is 1. The first-order valence-corrected chi connectivity index (χ1v) is 10.0. The minimum atomic E-state index is -1.13. The Hall–Kier alpha value is -3.04. The molecule has 0 saturated carbocycles. The number of nitrogens with one attached hydrogen (secondary N) is 1. The molecule has 2 N–H and O–H groups in total. The number of aliphatic hydroxyl groups is 1. The fourth-order valence-corrected chi connectivity index (χ4v) is 3.55. The number of benzene rings is 2. The number of ether oxygens (including phenoxy) is 3. The lowest BCUT2D eigenvalue weighted by Crippen LogP contribution is -2.39. The van der Waals surface area contributed by atoms with Crippen LogP contribution in [0.3, 0.4) is 0 Å². The van der Waals surface area contributed by atoms with Crippen LogP contribution < -0.4 is 11.2 Å². The van der Waals surface area contributed by atoms with Crippen LogP contribution in [0.15, 0.2) is 82.5 Å². The Morgan fingerprint density at radius 2 is 1.58 bits per heavy atom. The predicted octanol–water partition coefficient (Wildman–Crippen LogP) is 1.60. The minimum absolute atomic E-state index is 0.167. The molecular weight excluding hydrogens is 400 g/mol. The average molecular weight is 424 g/mol. The Kier molecular flexibility index (Phi) is 6.73. The molecule has 0 spiro atoms. The first-order valence-electron chi connectivity index (χ1n) is 10.0. The molecule has 1 aromatic heterocycles. The molecule has 1 aliphatic heterocycles. The molecule has 8 nitrogen and oxygen atoms in total. The molecule has 3 aromatic rings. The van der Waals surface area contributed by atoms with Crippen molar-refractivity contribution in [2.24, 2.45) is 0 Å². The lowest BCUT2D eigenvalue weighted by molar-refractivity contribution is -0.0833. The van der Waals surface area contributed by atoms with Gasteiger partial charge < -0.3 is 19.3 Å². The Labute approximate surface area is 178 Å². The molecule has 0 bridgehead atoms. The molecule has 1 aliphatic rings. The van der Waals surface area contributed by atoms with Gasteiger partial charge in [-0.3, -0.25) is 14.3 Å². The fraction of sp³-hybridized carbons (Fsp3) is 0.304. The van der Waals surface area contributed by atoms with Crippen molar-refractivity contribution in [3.63, 3.8) is 0 Å². The van der Waals surface area contributed by atoms with Crippen molar-refractivity contribution in [2.45, 2.75) is 37.8 Å². The third-order valence-corrected chi connectivity index (χ3v) is 5.11. The number of aromatic nitrogens is 2. The molecule has 2 heterocycles. The van der Waals surface area contributed by atoms with Crippen LogP contribution in [0.5, 0.6) is 0 Å². The van der Waals surface area contributed by atoms with Crippen LogP contribution in [0.2, 0.25) is 0 Å². The molecule has 0 aliphatic carbocycles. The number of aromatic amines is 1. The van der Waals surface area contributed by atoms with Crippen molar-refractivity contribution in [1.29, 1.82) is 0 Å². The summed E-state index contributed by atoms with van der Waals surface area (Å²) in [4.78, 5) is 25.8. The van der Waals surface area contributed by atoms with E-state index in [1.54, 1.807) is 0 Å². The minimum Gasteiger partial charge on any atom is -0.386 e. The van der Waals surface area contributed by atoms with Crippen LogP contribution in [-0.2, 0) is 27.4 Å². The van der Waals surface area contributed by atoms with Crippen molar-refractivity contribution in [3.8, 4) is 0 Å². The normalized spacial score (nSPS) is 23.1. The van der Waals surface area contributed by atoms with Crippen LogP contribution in [0.1, 0.15) is 17.4 Å². The van der Waals surface area contributed by atoms with Gasteiger partial charge in [-0.05, 0) is 11.1 Å². The second-order valence-corrected chi connectivity index (χ2v) is 7.34. The first-order chi connectivity index (χ1) is 15.1. The highest BCUT2D eigenvalue weighted by Gasteiger charge is 2.46. The predicted molar refractivity (Wildman–Crippen MR) is 112 cm³/mol. The van der Waals surface area contributed by atoms with Gasteiger partial charge in [0.25, 0.3) is 5.56 Å². The van der Waals surface area contributed by atoms with Gasteiger partial charge in [0, 0.05) is 12.3 Å². The number of aliphatic hydroxyl groups excluding tert-OH is 1. The summed E-state index contributed by atoms with van der Waals surface area (Å²) in [7, 11) is 0. The van der Waals surface area contributed by atoms with E-state index in [0.717, 1.165) is 15.7 Å². The summed E-state index contributed by atoms with van der Waals surface area (Å²) in [5.74, 6) is 0. The van der Waals surface area contributed by atoms with Gasteiger partial charge >= 0.3 is 5.69 Å². The van der Waals surface area contributed by atoms with E-state index in [-0.39, 0.29) is 13.2 Å². The highest BCUT2D eigenvalue weighted by molar-refractivity contribution is 5.14. The van der Waals surface area contributed by atoms with E-state index in [1.807, 2.05) is 60.7 Å². The van der Waals surface area contributed by atoms with E-state index in [1.165, 1.54) is 12.3 Å². The van der Waals surface area contributed by atoms with Crippen molar-refractivity contribution in [2.75, 3.05) is 6.61 Å². The monoisotopic (exact) mass is 424 g/mol. The number of nitrogens with zero attached hydrogens (tertiary/aromatic N) is 1. The first kappa shape index (κ1) is 21.2. The molecule has 31 heavy (non-hydrogen) atoms. The third-order valence-electron chi connectivity index (χ3n) is 5.11. The molecule has 0 radical (unpaired) electrons. The van der Waals surface area contributed by atoms with Crippen LogP contribution >= 0.6 is 0 Å². The fourth-order valence-electron chi connectivity index (χ4n) is 3.55. The summed E-state index contributed by atoms with van der Waals surface area (Å²) in [6, 6.07) is 20.5. The van der Waals surface area contributed by atoms with Gasteiger partial charge in [-0.15, -0.1) is 0 Å². The van der Waals surface area contributed by atoms with E-state index < -0.39 is 35.8 Å². The second-order valence-electron chi connectivity index (χ2n) is 7.34. The maximum absolute atomic E-state index is 12.2.